The minimum absolute atomic E-state index is 0.00475. The Kier molecular flexibility index (Phi) is 11.6. The second kappa shape index (κ2) is 14.7. The van der Waals surface area contributed by atoms with E-state index in [-0.39, 0.29) is 43.0 Å². The van der Waals surface area contributed by atoms with Crippen LogP contribution in [0.5, 0.6) is 5.75 Å². The van der Waals surface area contributed by atoms with Crippen LogP contribution >= 0.6 is 0 Å². The molecule has 6 atom stereocenters. The molecule has 1 aliphatic heterocycles. The van der Waals surface area contributed by atoms with Gasteiger partial charge < -0.3 is 29.5 Å². The van der Waals surface area contributed by atoms with Crippen molar-refractivity contribution in [2.24, 2.45) is 11.8 Å². The van der Waals surface area contributed by atoms with E-state index in [1.807, 2.05) is 12.2 Å². The molecule has 0 aromatic heterocycles. The van der Waals surface area contributed by atoms with Gasteiger partial charge in [0.05, 0.1) is 17.8 Å². The predicted octanol–water partition coefficient (Wildman–Crippen LogP) is 5.11. The van der Waals surface area contributed by atoms with Gasteiger partial charge in [-0.2, -0.15) is 13.2 Å². The molecule has 1 aromatic rings. The number of aliphatic hydroxyl groups excluding tert-OH is 2. The molecule has 1 heterocycles. The average Bonchev–Trinajstić information content (AvgIpc) is 3.17. The highest BCUT2D eigenvalue weighted by atomic mass is 19.4. The van der Waals surface area contributed by atoms with E-state index in [1.54, 1.807) is 6.08 Å². The summed E-state index contributed by atoms with van der Waals surface area (Å²) in [4.78, 5) is 10.7. The lowest BCUT2D eigenvalue weighted by molar-refractivity contribution is -0.193. The van der Waals surface area contributed by atoms with E-state index >= 15 is 0 Å². The minimum Gasteiger partial charge on any atom is -0.491 e. The molecule has 0 bridgehead atoms. The van der Waals surface area contributed by atoms with Crippen LogP contribution in [0.25, 0.3) is 0 Å². The van der Waals surface area contributed by atoms with Crippen molar-refractivity contribution in [2.45, 2.75) is 82.1 Å². The van der Waals surface area contributed by atoms with Crippen LogP contribution in [0.2, 0.25) is 0 Å². The molecule has 1 saturated heterocycles. The molecule has 0 amide bonds. The normalized spacial score (nSPS) is 27.2. The molecule has 1 unspecified atom stereocenters. The summed E-state index contributed by atoms with van der Waals surface area (Å²) in [7, 11) is 0. The quantitative estimate of drug-likeness (QED) is 0.235. The number of allylic oxidation sites excluding steroid dienone is 2. The largest absolute Gasteiger partial charge is 0.491 e. The second-order valence-corrected chi connectivity index (χ2v) is 9.80. The highest BCUT2D eigenvalue weighted by Crippen LogP contribution is 2.39. The van der Waals surface area contributed by atoms with E-state index in [0.717, 1.165) is 31.4 Å². The predicted molar refractivity (Wildman–Crippen MR) is 133 cm³/mol. The molecule has 0 radical (unpaired) electrons. The van der Waals surface area contributed by atoms with Crippen LogP contribution in [0.1, 0.15) is 56.9 Å². The number of rotatable bonds is 13. The van der Waals surface area contributed by atoms with Crippen molar-refractivity contribution < 1.29 is 47.5 Å². The Bertz CT molecular complexity index is 927. The summed E-state index contributed by atoms with van der Waals surface area (Å²) in [6.07, 6.45) is 5.21. The Hall–Kier alpha value is -2.40. The van der Waals surface area contributed by atoms with Gasteiger partial charge in [-0.1, -0.05) is 30.4 Å². The first-order valence-corrected chi connectivity index (χ1v) is 13.1. The summed E-state index contributed by atoms with van der Waals surface area (Å²) in [5.41, 5.74) is -0.830. The number of aliphatic hydroxyl groups is 2. The number of carboxylic acids is 1. The summed E-state index contributed by atoms with van der Waals surface area (Å²) < 4.78 is 56.1. The number of hydrogen-bond donors (Lipinski definition) is 3. The summed E-state index contributed by atoms with van der Waals surface area (Å²) in [5, 5.41) is 30.0. The van der Waals surface area contributed by atoms with E-state index in [1.165, 1.54) is 18.2 Å². The number of aliphatic carboxylic acids is 1. The first-order valence-electron chi connectivity index (χ1n) is 13.1. The maximum Gasteiger partial charge on any atom is 0.416 e. The molecule has 1 aromatic carbocycles. The van der Waals surface area contributed by atoms with Crippen molar-refractivity contribution in [1.29, 1.82) is 0 Å². The number of unbranched alkanes of at least 4 members (excludes halogenated alkanes) is 1. The van der Waals surface area contributed by atoms with Crippen molar-refractivity contribution in [2.75, 3.05) is 13.2 Å². The molecule has 1 saturated carbocycles. The molecule has 7 nitrogen and oxygen atoms in total. The Labute approximate surface area is 220 Å². The zero-order chi connectivity index (χ0) is 27.5. The third kappa shape index (κ3) is 9.72. The van der Waals surface area contributed by atoms with Crippen LogP contribution in [-0.2, 0) is 20.4 Å². The molecule has 2 fully saturated rings. The molecule has 3 rings (SSSR count). The maximum absolute atomic E-state index is 12.9. The molecule has 1 aliphatic carbocycles. The molecule has 2 aliphatic rings. The van der Waals surface area contributed by atoms with Crippen molar-refractivity contribution in [3.05, 3.63) is 54.1 Å². The number of carboxylic acid groups (broad SMARTS) is 1. The Morgan fingerprint density at radius 2 is 2.05 bits per heavy atom. The van der Waals surface area contributed by atoms with Crippen LogP contribution in [0.4, 0.5) is 13.2 Å². The van der Waals surface area contributed by atoms with Gasteiger partial charge in [-0.3, -0.25) is 4.79 Å². The first-order chi connectivity index (χ1) is 18.1. The topological polar surface area (TPSA) is 105 Å². The van der Waals surface area contributed by atoms with E-state index in [4.69, 9.17) is 19.3 Å². The van der Waals surface area contributed by atoms with E-state index < -0.39 is 29.9 Å². The molecular weight excluding hydrogens is 505 g/mol. The summed E-state index contributed by atoms with van der Waals surface area (Å²) >= 11 is 0. The van der Waals surface area contributed by atoms with Crippen molar-refractivity contribution in [1.82, 2.24) is 0 Å². The number of carbonyl (C=O) groups is 1. The zero-order valence-electron chi connectivity index (χ0n) is 21.3. The van der Waals surface area contributed by atoms with Crippen LogP contribution < -0.4 is 4.74 Å². The number of halogens is 3. The first kappa shape index (κ1) is 30.1. The number of hydrogen-bond acceptors (Lipinski definition) is 6. The van der Waals surface area contributed by atoms with E-state index in [9.17, 15) is 28.2 Å². The van der Waals surface area contributed by atoms with Crippen molar-refractivity contribution in [3.8, 4) is 5.75 Å². The third-order valence-corrected chi connectivity index (χ3v) is 6.83. The van der Waals surface area contributed by atoms with Crippen LogP contribution in [0.3, 0.4) is 0 Å². The lowest BCUT2D eigenvalue weighted by Crippen LogP contribution is -2.31. The van der Waals surface area contributed by atoms with Gasteiger partial charge in [0.15, 0.2) is 6.29 Å². The molecule has 10 heteroatoms. The monoisotopic (exact) mass is 542 g/mol. The van der Waals surface area contributed by atoms with Gasteiger partial charge in [-0.25, -0.2) is 0 Å². The van der Waals surface area contributed by atoms with Gasteiger partial charge in [0.1, 0.15) is 18.5 Å². The number of ether oxygens (including phenoxy) is 3. The Morgan fingerprint density at radius 3 is 2.76 bits per heavy atom. The van der Waals surface area contributed by atoms with Crippen molar-refractivity contribution >= 4 is 5.97 Å². The number of benzene rings is 1. The van der Waals surface area contributed by atoms with Gasteiger partial charge in [-0.15, -0.1) is 0 Å². The fourth-order valence-electron chi connectivity index (χ4n) is 4.84. The summed E-state index contributed by atoms with van der Waals surface area (Å²) in [6, 6.07) is 4.48. The van der Waals surface area contributed by atoms with Gasteiger partial charge in [0.2, 0.25) is 0 Å². The lowest BCUT2D eigenvalue weighted by Gasteiger charge is -2.29. The molecular formula is C28H37F3O7. The third-order valence-electron chi connectivity index (χ3n) is 6.83. The van der Waals surface area contributed by atoms with E-state index in [0.29, 0.717) is 32.3 Å². The average molecular weight is 543 g/mol. The minimum atomic E-state index is -4.49. The van der Waals surface area contributed by atoms with Gasteiger partial charge >= 0.3 is 12.1 Å². The Morgan fingerprint density at radius 1 is 1.24 bits per heavy atom. The van der Waals surface area contributed by atoms with Gasteiger partial charge in [0.25, 0.3) is 0 Å². The number of alkyl halides is 3. The SMILES string of the molecule is O=C(O)CCC/C=C\C[C@@H]1[C@@H](/C=C/[C@@H](O)COc2cccc(C(F)(F)F)c2)[C@H](OC2CCCCO2)C[C@@H]1O. The molecule has 38 heavy (non-hydrogen) atoms. The van der Waals surface area contributed by atoms with Gasteiger partial charge in [0, 0.05) is 25.4 Å². The zero-order valence-corrected chi connectivity index (χ0v) is 21.3. The smallest absolute Gasteiger partial charge is 0.416 e. The molecule has 3 N–H and O–H groups in total. The Balaban J connectivity index is 1.62. The summed E-state index contributed by atoms with van der Waals surface area (Å²) in [5.74, 6) is -1.25. The van der Waals surface area contributed by atoms with Crippen LogP contribution in [-0.4, -0.2) is 59.1 Å². The highest BCUT2D eigenvalue weighted by Gasteiger charge is 2.42. The maximum atomic E-state index is 12.9. The van der Waals surface area contributed by atoms with Crippen molar-refractivity contribution in [3.63, 3.8) is 0 Å². The molecule has 212 valence electrons. The van der Waals surface area contributed by atoms with E-state index in [2.05, 4.69) is 0 Å². The highest BCUT2D eigenvalue weighted by molar-refractivity contribution is 5.66. The standard InChI is InChI=1S/C28H37F3O7/c29-28(30,31)19-8-7-9-21(16-19)37-18-20(32)13-14-23-22(10-3-1-2-4-11-26(34)35)24(33)17-25(23)38-27-12-5-6-15-36-27/h1,3,7-9,13-14,16,20,22-25,27,32-33H,2,4-6,10-12,15,17-18H2,(H,34,35)/b3-1-,14-13+/t20-,22-,23-,24+,25-,27?/m1/s1. The lowest BCUT2D eigenvalue weighted by atomic mass is 9.89. The fourth-order valence-corrected chi connectivity index (χ4v) is 4.84. The van der Waals surface area contributed by atoms with Crippen LogP contribution in [0, 0.1) is 11.8 Å². The fraction of sp³-hybridized carbons (Fsp3) is 0.607. The van der Waals surface area contributed by atoms with Crippen LogP contribution in [0.15, 0.2) is 48.6 Å². The van der Waals surface area contributed by atoms with Gasteiger partial charge in [-0.05, 0) is 62.6 Å². The summed E-state index contributed by atoms with van der Waals surface area (Å²) in [6.45, 7) is 0.382. The second-order valence-electron chi connectivity index (χ2n) is 9.80. The molecule has 0 spiro atoms.